The number of anilines is 1. The molecule has 0 spiro atoms. The van der Waals surface area contributed by atoms with Crippen LogP contribution in [-0.4, -0.2) is 40.5 Å². The number of primary amides is 1. The molecule has 1 saturated heterocycles. The van der Waals surface area contributed by atoms with E-state index < -0.39 is 11.7 Å². The first-order chi connectivity index (χ1) is 12.8. The van der Waals surface area contributed by atoms with E-state index in [0.29, 0.717) is 42.3 Å². The number of hydrogen-bond donors (Lipinski definition) is 1. The number of halogens is 2. The third-order valence-electron chi connectivity index (χ3n) is 4.53. The zero-order chi connectivity index (χ0) is 19.6. The van der Waals surface area contributed by atoms with Crippen LogP contribution in [0.3, 0.4) is 0 Å². The van der Waals surface area contributed by atoms with Crippen molar-refractivity contribution in [1.29, 1.82) is 0 Å². The first kappa shape index (κ1) is 19.4. The van der Waals surface area contributed by atoms with Gasteiger partial charge >= 0.3 is 6.09 Å². The predicted octanol–water partition coefficient (Wildman–Crippen LogP) is 3.47. The Labute approximate surface area is 166 Å². The Morgan fingerprint density at radius 1 is 1.19 bits per heavy atom. The number of hydrogen-bond acceptors (Lipinski definition) is 6. The number of carbonyl (C=O) groups excluding carboxylic acids is 2. The van der Waals surface area contributed by atoms with E-state index in [9.17, 15) is 9.59 Å². The van der Waals surface area contributed by atoms with Gasteiger partial charge in [0, 0.05) is 36.5 Å². The maximum absolute atomic E-state index is 12.5. The van der Waals surface area contributed by atoms with Gasteiger partial charge < -0.3 is 15.4 Å². The van der Waals surface area contributed by atoms with Gasteiger partial charge in [-0.15, -0.1) is 0 Å². The summed E-state index contributed by atoms with van der Waals surface area (Å²) in [7, 11) is 0. The first-order valence-electron chi connectivity index (χ1n) is 8.34. The molecule has 1 aliphatic heterocycles. The minimum atomic E-state index is -0.779. The highest BCUT2D eigenvalue weighted by atomic mass is 35.5. The predicted molar refractivity (Wildman–Crippen MR) is 102 cm³/mol. The summed E-state index contributed by atoms with van der Waals surface area (Å²) in [4.78, 5) is 34.1. The number of benzene rings is 1. The Morgan fingerprint density at radius 2 is 1.81 bits per heavy atom. The number of aromatic nitrogens is 2. The molecule has 1 aliphatic rings. The van der Waals surface area contributed by atoms with E-state index in [1.807, 2.05) is 11.8 Å². The summed E-state index contributed by atoms with van der Waals surface area (Å²) in [6.07, 6.45) is 1.94. The fourth-order valence-electron chi connectivity index (χ4n) is 2.95. The zero-order valence-electron chi connectivity index (χ0n) is 14.6. The summed E-state index contributed by atoms with van der Waals surface area (Å²) < 4.78 is 5.19. The number of piperidine rings is 1. The van der Waals surface area contributed by atoms with Gasteiger partial charge in [0.05, 0.1) is 6.20 Å². The highest BCUT2D eigenvalue weighted by Crippen LogP contribution is 2.29. The Morgan fingerprint density at radius 3 is 2.37 bits per heavy atom. The average Bonchev–Trinajstić information content (AvgIpc) is 2.61. The number of ether oxygens (including phenoxy) is 1. The molecule has 3 rings (SSSR count). The van der Waals surface area contributed by atoms with Gasteiger partial charge in [0.25, 0.3) is 0 Å². The van der Waals surface area contributed by atoms with E-state index in [2.05, 4.69) is 9.97 Å². The lowest BCUT2D eigenvalue weighted by atomic mass is 9.93. The van der Waals surface area contributed by atoms with Crippen molar-refractivity contribution in [2.45, 2.75) is 25.4 Å². The van der Waals surface area contributed by atoms with Crippen molar-refractivity contribution in [2.24, 2.45) is 5.73 Å². The lowest BCUT2D eigenvalue weighted by Gasteiger charge is -2.38. The SMILES string of the molecule is CC1(OC(N)=O)CCN(c2cnc(C(=O)c3ccc(Cl)cc3)c(Cl)n2)CC1. The fourth-order valence-corrected chi connectivity index (χ4v) is 3.30. The standard InChI is InChI=1S/C18H18Cl2N4O3/c1-18(27-17(21)26)6-8-24(9-7-18)13-10-22-14(16(20)23-13)15(25)11-2-4-12(19)5-3-11/h2-5,10H,6-9H2,1H3,(H2,21,26). The van der Waals surface area contributed by atoms with E-state index in [-0.39, 0.29) is 16.6 Å². The highest BCUT2D eigenvalue weighted by Gasteiger charge is 2.34. The molecular weight excluding hydrogens is 391 g/mol. The molecule has 0 aliphatic carbocycles. The van der Waals surface area contributed by atoms with Gasteiger partial charge in [-0.25, -0.2) is 14.8 Å². The topological polar surface area (TPSA) is 98.4 Å². The number of amides is 1. The Balaban J connectivity index is 1.73. The van der Waals surface area contributed by atoms with Crippen molar-refractivity contribution in [3.05, 3.63) is 51.9 Å². The van der Waals surface area contributed by atoms with Crippen LogP contribution in [0.15, 0.2) is 30.5 Å². The van der Waals surface area contributed by atoms with E-state index in [0.717, 1.165) is 0 Å². The zero-order valence-corrected chi connectivity index (χ0v) is 16.1. The molecule has 7 nitrogen and oxygen atoms in total. The van der Waals surface area contributed by atoms with Crippen molar-refractivity contribution in [3.63, 3.8) is 0 Å². The van der Waals surface area contributed by atoms with Crippen LogP contribution < -0.4 is 10.6 Å². The van der Waals surface area contributed by atoms with Gasteiger partial charge in [0.15, 0.2) is 5.15 Å². The van der Waals surface area contributed by atoms with Gasteiger partial charge in [0.2, 0.25) is 5.78 Å². The number of ketones is 1. The molecule has 0 atom stereocenters. The molecule has 27 heavy (non-hydrogen) atoms. The van der Waals surface area contributed by atoms with E-state index >= 15 is 0 Å². The van der Waals surface area contributed by atoms with Crippen molar-refractivity contribution >= 4 is 40.9 Å². The second-order valence-electron chi connectivity index (χ2n) is 6.56. The normalized spacial score (nSPS) is 16.0. The Hall–Kier alpha value is -2.38. The lowest BCUT2D eigenvalue weighted by Crippen LogP contribution is -2.46. The summed E-state index contributed by atoms with van der Waals surface area (Å²) >= 11 is 12.1. The van der Waals surface area contributed by atoms with Crippen LogP contribution >= 0.6 is 23.2 Å². The number of nitrogens with zero attached hydrogens (tertiary/aromatic N) is 3. The summed E-state index contributed by atoms with van der Waals surface area (Å²) in [5.74, 6) is 0.241. The van der Waals surface area contributed by atoms with E-state index in [1.54, 1.807) is 24.3 Å². The Kier molecular flexibility index (Phi) is 5.53. The van der Waals surface area contributed by atoms with Crippen LogP contribution in [0, 0.1) is 0 Å². The quantitative estimate of drug-likeness (QED) is 0.777. The molecule has 0 unspecified atom stereocenters. The molecule has 2 heterocycles. The van der Waals surface area contributed by atoms with E-state index in [4.69, 9.17) is 33.7 Å². The Bertz CT molecular complexity index is 865. The van der Waals surface area contributed by atoms with Crippen molar-refractivity contribution in [1.82, 2.24) is 9.97 Å². The number of rotatable bonds is 4. The minimum Gasteiger partial charge on any atom is -0.443 e. The average molecular weight is 409 g/mol. The largest absolute Gasteiger partial charge is 0.443 e. The van der Waals surface area contributed by atoms with Crippen LogP contribution in [0.4, 0.5) is 10.6 Å². The molecule has 0 saturated carbocycles. The molecule has 1 aromatic carbocycles. The maximum atomic E-state index is 12.5. The highest BCUT2D eigenvalue weighted by molar-refractivity contribution is 6.33. The van der Waals surface area contributed by atoms with Crippen LogP contribution in [0.25, 0.3) is 0 Å². The van der Waals surface area contributed by atoms with E-state index in [1.165, 1.54) is 6.20 Å². The molecule has 0 bridgehead atoms. The van der Waals surface area contributed by atoms with Crippen LogP contribution in [-0.2, 0) is 4.74 Å². The lowest BCUT2D eigenvalue weighted by molar-refractivity contribution is 0.0126. The third-order valence-corrected chi connectivity index (χ3v) is 5.05. The fraction of sp³-hybridized carbons (Fsp3) is 0.333. The summed E-state index contributed by atoms with van der Waals surface area (Å²) in [6.45, 7) is 3.04. The monoisotopic (exact) mass is 408 g/mol. The summed E-state index contributed by atoms with van der Waals surface area (Å²) in [5.41, 5.74) is 5.04. The molecule has 1 aromatic heterocycles. The van der Waals surface area contributed by atoms with Gasteiger partial charge in [-0.05, 0) is 31.2 Å². The number of carbonyl (C=O) groups is 2. The molecule has 1 amide bonds. The summed E-state index contributed by atoms with van der Waals surface area (Å²) in [6, 6.07) is 6.48. The molecule has 2 aromatic rings. The van der Waals surface area contributed by atoms with Crippen molar-refractivity contribution in [3.8, 4) is 0 Å². The van der Waals surface area contributed by atoms with Crippen LogP contribution in [0.1, 0.15) is 35.8 Å². The van der Waals surface area contributed by atoms with Gasteiger partial charge in [0.1, 0.15) is 17.1 Å². The third kappa shape index (κ3) is 4.48. The molecule has 2 N–H and O–H groups in total. The second-order valence-corrected chi connectivity index (χ2v) is 7.36. The van der Waals surface area contributed by atoms with Crippen molar-refractivity contribution in [2.75, 3.05) is 18.0 Å². The summed E-state index contributed by atoms with van der Waals surface area (Å²) in [5, 5.41) is 0.575. The van der Waals surface area contributed by atoms with Crippen LogP contribution in [0.5, 0.6) is 0 Å². The molecule has 0 radical (unpaired) electrons. The van der Waals surface area contributed by atoms with Gasteiger partial charge in [-0.2, -0.15) is 0 Å². The smallest absolute Gasteiger partial charge is 0.405 e. The van der Waals surface area contributed by atoms with Gasteiger partial charge in [-0.1, -0.05) is 23.2 Å². The second kappa shape index (κ2) is 7.70. The molecule has 1 fully saturated rings. The first-order valence-corrected chi connectivity index (χ1v) is 9.09. The van der Waals surface area contributed by atoms with Crippen LogP contribution in [0.2, 0.25) is 10.2 Å². The number of nitrogens with two attached hydrogens (primary N) is 1. The van der Waals surface area contributed by atoms with Crippen molar-refractivity contribution < 1.29 is 14.3 Å². The van der Waals surface area contributed by atoms with Gasteiger partial charge in [-0.3, -0.25) is 4.79 Å². The minimum absolute atomic E-state index is 0.0363. The molecule has 9 heteroatoms. The molecule has 142 valence electrons. The maximum Gasteiger partial charge on any atom is 0.405 e. The molecular formula is C18H18Cl2N4O3.